The van der Waals surface area contributed by atoms with Crippen molar-refractivity contribution in [2.45, 2.75) is 6.54 Å². The fraction of sp³-hybridized carbons (Fsp3) is 0.455. The Morgan fingerprint density at radius 2 is 2.20 bits per heavy atom. The van der Waals surface area contributed by atoms with Crippen LogP contribution < -0.4 is 5.32 Å². The molecule has 0 radical (unpaired) electrons. The van der Waals surface area contributed by atoms with E-state index in [9.17, 15) is 4.39 Å². The molecule has 1 N–H and O–H groups in total. The van der Waals surface area contributed by atoms with E-state index < -0.39 is 0 Å². The Morgan fingerprint density at radius 3 is 2.87 bits per heavy atom. The van der Waals surface area contributed by atoms with Gasteiger partial charge >= 0.3 is 0 Å². The molecule has 15 heavy (non-hydrogen) atoms. The lowest BCUT2D eigenvalue weighted by Crippen LogP contribution is -2.27. The number of benzene rings is 1. The number of hydrogen-bond acceptors (Lipinski definition) is 2. The summed E-state index contributed by atoms with van der Waals surface area (Å²) < 4.78 is 13.1. The van der Waals surface area contributed by atoms with Crippen LogP contribution in [-0.4, -0.2) is 32.1 Å². The van der Waals surface area contributed by atoms with E-state index in [0.29, 0.717) is 6.54 Å². The van der Waals surface area contributed by atoms with E-state index in [1.165, 1.54) is 6.07 Å². The van der Waals surface area contributed by atoms with Crippen LogP contribution in [0.5, 0.6) is 0 Å². The van der Waals surface area contributed by atoms with Gasteiger partial charge in [-0.15, -0.1) is 0 Å². The van der Waals surface area contributed by atoms with Gasteiger partial charge in [-0.25, -0.2) is 4.39 Å². The zero-order chi connectivity index (χ0) is 11.3. The van der Waals surface area contributed by atoms with Crippen LogP contribution in [-0.2, 0) is 6.54 Å². The summed E-state index contributed by atoms with van der Waals surface area (Å²) in [6, 6.07) is 4.91. The number of likely N-dealkylation sites (N-methyl/N-ethyl adjacent to an activating group) is 2. The van der Waals surface area contributed by atoms with Gasteiger partial charge in [0, 0.05) is 19.6 Å². The van der Waals surface area contributed by atoms with Gasteiger partial charge in [-0.05, 0) is 25.7 Å². The summed E-state index contributed by atoms with van der Waals surface area (Å²) in [5.74, 6) is -0.351. The third-order valence-electron chi connectivity index (χ3n) is 2.22. The molecule has 0 aliphatic heterocycles. The molecule has 0 atom stereocenters. The van der Waals surface area contributed by atoms with Crippen LogP contribution >= 0.6 is 11.6 Å². The highest BCUT2D eigenvalue weighted by molar-refractivity contribution is 6.31. The molecular formula is C11H16ClFN2. The highest BCUT2D eigenvalue weighted by atomic mass is 35.5. The molecular weight excluding hydrogens is 215 g/mol. The second-order valence-electron chi connectivity index (χ2n) is 3.55. The van der Waals surface area contributed by atoms with Crippen LogP contribution in [0.2, 0.25) is 5.02 Å². The zero-order valence-electron chi connectivity index (χ0n) is 9.06. The van der Waals surface area contributed by atoms with Crippen molar-refractivity contribution < 1.29 is 4.39 Å². The van der Waals surface area contributed by atoms with Crippen LogP contribution in [0.15, 0.2) is 18.2 Å². The van der Waals surface area contributed by atoms with Crippen molar-refractivity contribution in [3.8, 4) is 0 Å². The maximum absolute atomic E-state index is 13.1. The predicted octanol–water partition coefficient (Wildman–Crippen LogP) is 2.13. The Hall–Kier alpha value is -0.640. The van der Waals surface area contributed by atoms with Crippen LogP contribution in [0.25, 0.3) is 0 Å². The van der Waals surface area contributed by atoms with E-state index in [0.717, 1.165) is 18.7 Å². The summed E-state index contributed by atoms with van der Waals surface area (Å²) in [4.78, 5) is 2.09. The van der Waals surface area contributed by atoms with E-state index in [2.05, 4.69) is 10.2 Å². The first-order valence-electron chi connectivity index (χ1n) is 4.91. The summed E-state index contributed by atoms with van der Waals surface area (Å²) in [5, 5.41) is 3.29. The van der Waals surface area contributed by atoms with Gasteiger partial charge in [0.25, 0.3) is 0 Å². The van der Waals surface area contributed by atoms with E-state index in [1.54, 1.807) is 6.07 Å². The Bertz CT molecular complexity index is 317. The molecule has 0 unspecified atom stereocenters. The number of halogens is 2. The lowest BCUT2D eigenvalue weighted by Gasteiger charge is -2.17. The molecule has 1 rings (SSSR count). The third kappa shape index (κ3) is 3.78. The molecule has 4 heteroatoms. The van der Waals surface area contributed by atoms with Gasteiger partial charge in [0.1, 0.15) is 5.82 Å². The van der Waals surface area contributed by atoms with Gasteiger partial charge in [-0.1, -0.05) is 23.7 Å². The molecule has 0 aliphatic carbocycles. The Balaban J connectivity index is 2.60. The number of nitrogens with one attached hydrogen (secondary N) is 1. The Kier molecular flexibility index (Phi) is 5.02. The lowest BCUT2D eigenvalue weighted by atomic mass is 10.2. The monoisotopic (exact) mass is 230 g/mol. The molecule has 0 amide bonds. The molecule has 84 valence electrons. The molecule has 0 saturated carbocycles. The summed E-state index contributed by atoms with van der Waals surface area (Å²) in [5.41, 5.74) is 0.829. The predicted molar refractivity (Wildman–Crippen MR) is 61.7 cm³/mol. The zero-order valence-corrected chi connectivity index (χ0v) is 9.81. The largest absolute Gasteiger partial charge is 0.318 e. The van der Waals surface area contributed by atoms with Crippen molar-refractivity contribution in [2.24, 2.45) is 0 Å². The van der Waals surface area contributed by atoms with E-state index in [1.807, 2.05) is 20.2 Å². The quantitative estimate of drug-likeness (QED) is 0.834. The molecule has 0 fully saturated rings. The van der Waals surface area contributed by atoms with Crippen molar-refractivity contribution in [3.05, 3.63) is 34.6 Å². The second kappa shape index (κ2) is 6.05. The van der Waals surface area contributed by atoms with Gasteiger partial charge in [-0.3, -0.25) is 0 Å². The van der Waals surface area contributed by atoms with E-state index in [4.69, 9.17) is 11.6 Å². The maximum Gasteiger partial charge on any atom is 0.142 e. The molecule has 0 aliphatic rings. The van der Waals surface area contributed by atoms with Crippen molar-refractivity contribution in [3.63, 3.8) is 0 Å². The minimum absolute atomic E-state index is 0.230. The van der Waals surface area contributed by atoms with Gasteiger partial charge in [-0.2, -0.15) is 0 Å². The summed E-state index contributed by atoms with van der Waals surface area (Å²) in [6.45, 7) is 2.48. The number of nitrogens with zero attached hydrogens (tertiary/aromatic N) is 1. The molecule has 0 bridgehead atoms. The molecule has 0 saturated heterocycles. The van der Waals surface area contributed by atoms with Crippen LogP contribution in [0.4, 0.5) is 4.39 Å². The molecule has 0 spiro atoms. The molecule has 1 aromatic carbocycles. The average Bonchev–Trinajstić information content (AvgIpc) is 2.22. The minimum Gasteiger partial charge on any atom is -0.318 e. The molecule has 1 aromatic rings. The van der Waals surface area contributed by atoms with Gasteiger partial charge in [0.15, 0.2) is 0 Å². The summed E-state index contributed by atoms with van der Waals surface area (Å²) >= 11 is 5.85. The first-order chi connectivity index (χ1) is 7.15. The van der Waals surface area contributed by atoms with E-state index in [-0.39, 0.29) is 10.8 Å². The Labute approximate surface area is 95.0 Å². The topological polar surface area (TPSA) is 15.3 Å². The average molecular weight is 231 g/mol. The highest BCUT2D eigenvalue weighted by Gasteiger charge is 2.07. The maximum atomic E-state index is 13.1. The normalized spacial score (nSPS) is 11.0. The van der Waals surface area contributed by atoms with Crippen molar-refractivity contribution >= 4 is 11.6 Å². The molecule has 0 heterocycles. The highest BCUT2D eigenvalue weighted by Crippen LogP contribution is 2.20. The van der Waals surface area contributed by atoms with Crippen LogP contribution in [0.3, 0.4) is 0 Å². The molecule has 2 nitrogen and oxygen atoms in total. The smallest absolute Gasteiger partial charge is 0.142 e. The van der Waals surface area contributed by atoms with Crippen LogP contribution in [0.1, 0.15) is 5.56 Å². The SMILES string of the molecule is CNCCN(C)Cc1cccc(F)c1Cl. The van der Waals surface area contributed by atoms with Crippen molar-refractivity contribution in [1.82, 2.24) is 10.2 Å². The fourth-order valence-electron chi connectivity index (χ4n) is 1.34. The van der Waals surface area contributed by atoms with Crippen molar-refractivity contribution in [2.75, 3.05) is 27.2 Å². The summed E-state index contributed by atoms with van der Waals surface area (Å²) in [6.07, 6.45) is 0. The standard InChI is InChI=1S/C11H16ClFN2/c1-14-6-7-15(2)8-9-4-3-5-10(13)11(9)12/h3-5,14H,6-8H2,1-2H3. The third-order valence-corrected chi connectivity index (χ3v) is 2.64. The molecule has 0 aromatic heterocycles. The lowest BCUT2D eigenvalue weighted by molar-refractivity contribution is 0.328. The Morgan fingerprint density at radius 1 is 1.47 bits per heavy atom. The second-order valence-corrected chi connectivity index (χ2v) is 3.93. The number of rotatable bonds is 5. The minimum atomic E-state index is -0.351. The van der Waals surface area contributed by atoms with Crippen LogP contribution in [0, 0.1) is 5.82 Å². The van der Waals surface area contributed by atoms with Gasteiger partial charge in [0.05, 0.1) is 5.02 Å². The van der Waals surface area contributed by atoms with E-state index >= 15 is 0 Å². The van der Waals surface area contributed by atoms with Gasteiger partial charge < -0.3 is 10.2 Å². The fourth-order valence-corrected chi connectivity index (χ4v) is 1.53. The summed E-state index contributed by atoms with van der Waals surface area (Å²) in [7, 11) is 3.89. The first kappa shape index (κ1) is 12.4. The van der Waals surface area contributed by atoms with Gasteiger partial charge in [0.2, 0.25) is 0 Å². The van der Waals surface area contributed by atoms with Crippen molar-refractivity contribution in [1.29, 1.82) is 0 Å². The first-order valence-corrected chi connectivity index (χ1v) is 5.29. The number of hydrogen-bond donors (Lipinski definition) is 1.